The zero-order valence-corrected chi connectivity index (χ0v) is 10.9. The molecule has 17 heavy (non-hydrogen) atoms. The Morgan fingerprint density at radius 3 is 2.88 bits per heavy atom. The number of furan rings is 1. The first-order chi connectivity index (χ1) is 8.19. The number of nitrogens with zero attached hydrogens (tertiary/aromatic N) is 3. The fourth-order valence-electron chi connectivity index (χ4n) is 1.01. The van der Waals surface area contributed by atoms with Crippen molar-refractivity contribution in [3.8, 4) is 11.7 Å². The minimum Gasteiger partial charge on any atom is -0.444 e. The lowest BCUT2D eigenvalue weighted by Crippen LogP contribution is -2.09. The van der Waals surface area contributed by atoms with Crippen LogP contribution < -0.4 is 11.6 Å². The average Bonchev–Trinajstić information content (AvgIpc) is 2.94. The number of nitrogens with two attached hydrogens (primary N) is 2. The Hall–Kier alpha value is -1.48. The van der Waals surface area contributed by atoms with Crippen LogP contribution in [-0.4, -0.2) is 15.4 Å². The van der Waals surface area contributed by atoms with Gasteiger partial charge in [-0.2, -0.15) is 5.10 Å². The van der Waals surface area contributed by atoms with Crippen LogP contribution in [0.5, 0.6) is 0 Å². The van der Waals surface area contributed by atoms with Gasteiger partial charge >= 0.3 is 0 Å². The van der Waals surface area contributed by atoms with Gasteiger partial charge in [-0.25, -0.2) is 0 Å². The number of amidine groups is 1. The van der Waals surface area contributed by atoms with Gasteiger partial charge in [0.1, 0.15) is 0 Å². The second-order valence-corrected chi connectivity index (χ2v) is 4.64. The minimum absolute atomic E-state index is 0.255. The monoisotopic (exact) mass is 317 g/mol. The van der Waals surface area contributed by atoms with Crippen LogP contribution in [0, 0.1) is 0 Å². The highest BCUT2D eigenvalue weighted by molar-refractivity contribution is 9.10. The topological polar surface area (TPSA) is 116 Å². The largest absolute Gasteiger partial charge is 0.444 e. The molecule has 0 aliphatic heterocycles. The Morgan fingerprint density at radius 2 is 2.24 bits per heavy atom. The van der Waals surface area contributed by atoms with Crippen molar-refractivity contribution in [3.05, 3.63) is 22.7 Å². The SMILES string of the molecule is NN=C(N)SCc1nnc(-c2ccc(Br)o2)o1. The molecule has 0 aromatic carbocycles. The van der Waals surface area contributed by atoms with Crippen molar-refractivity contribution in [1.29, 1.82) is 0 Å². The van der Waals surface area contributed by atoms with Crippen molar-refractivity contribution in [2.75, 3.05) is 0 Å². The molecule has 0 aliphatic rings. The van der Waals surface area contributed by atoms with E-state index in [1.54, 1.807) is 12.1 Å². The number of halogens is 1. The summed E-state index contributed by atoms with van der Waals surface area (Å²) < 4.78 is 11.2. The Labute approximate surface area is 109 Å². The van der Waals surface area contributed by atoms with Crippen molar-refractivity contribution in [2.24, 2.45) is 16.7 Å². The van der Waals surface area contributed by atoms with Crippen molar-refractivity contribution in [3.63, 3.8) is 0 Å². The lowest BCUT2D eigenvalue weighted by Gasteiger charge is -1.93. The lowest BCUT2D eigenvalue weighted by atomic mass is 10.5. The molecule has 0 radical (unpaired) electrons. The molecule has 0 aliphatic carbocycles. The number of rotatable bonds is 3. The quantitative estimate of drug-likeness (QED) is 0.381. The highest BCUT2D eigenvalue weighted by atomic mass is 79.9. The predicted molar refractivity (Wildman–Crippen MR) is 66.8 cm³/mol. The minimum atomic E-state index is 0.255. The van der Waals surface area contributed by atoms with Gasteiger partial charge in [-0.15, -0.1) is 10.2 Å². The smallest absolute Gasteiger partial charge is 0.283 e. The summed E-state index contributed by atoms with van der Waals surface area (Å²) in [6, 6.07) is 3.47. The molecular weight excluding hydrogens is 310 g/mol. The molecule has 0 amide bonds. The highest BCUT2D eigenvalue weighted by Crippen LogP contribution is 2.24. The van der Waals surface area contributed by atoms with Crippen LogP contribution >= 0.6 is 27.7 Å². The van der Waals surface area contributed by atoms with Crippen LogP contribution in [0.3, 0.4) is 0 Å². The molecular formula is C8H8BrN5O2S. The Kier molecular flexibility index (Phi) is 3.69. The number of thioether (sulfide) groups is 1. The Bertz CT molecular complexity index is 538. The maximum Gasteiger partial charge on any atom is 0.283 e. The van der Waals surface area contributed by atoms with Gasteiger partial charge in [0.05, 0.1) is 5.75 Å². The van der Waals surface area contributed by atoms with Crippen LogP contribution in [-0.2, 0) is 5.75 Å². The van der Waals surface area contributed by atoms with Crippen LogP contribution in [0.25, 0.3) is 11.7 Å². The molecule has 2 heterocycles. The lowest BCUT2D eigenvalue weighted by molar-refractivity contribution is 0.486. The van der Waals surface area contributed by atoms with Crippen LogP contribution in [0.1, 0.15) is 5.89 Å². The summed E-state index contributed by atoms with van der Waals surface area (Å²) in [6.07, 6.45) is 0. The van der Waals surface area contributed by atoms with Crippen LogP contribution in [0.2, 0.25) is 0 Å². The third kappa shape index (κ3) is 3.01. The van der Waals surface area contributed by atoms with Gasteiger partial charge in [0.2, 0.25) is 5.89 Å². The van der Waals surface area contributed by atoms with E-state index in [-0.39, 0.29) is 5.17 Å². The molecule has 0 unspecified atom stereocenters. The summed E-state index contributed by atoms with van der Waals surface area (Å²) in [7, 11) is 0. The maximum atomic E-state index is 5.42. The Balaban J connectivity index is 2.06. The van der Waals surface area contributed by atoms with E-state index in [1.807, 2.05) is 0 Å². The summed E-state index contributed by atoms with van der Waals surface area (Å²) in [4.78, 5) is 0. The van der Waals surface area contributed by atoms with E-state index >= 15 is 0 Å². The van der Waals surface area contributed by atoms with Crippen LogP contribution in [0.4, 0.5) is 0 Å². The summed E-state index contributed by atoms with van der Waals surface area (Å²) in [6.45, 7) is 0. The molecule has 0 bridgehead atoms. The van der Waals surface area contributed by atoms with Crippen molar-refractivity contribution < 1.29 is 8.83 Å². The predicted octanol–water partition coefficient (Wildman–Crippen LogP) is 1.51. The molecule has 0 fully saturated rings. The molecule has 2 aromatic rings. The van der Waals surface area contributed by atoms with E-state index in [1.165, 1.54) is 11.8 Å². The van der Waals surface area contributed by atoms with Crippen molar-refractivity contribution in [1.82, 2.24) is 10.2 Å². The number of hydrazone groups is 1. The fraction of sp³-hybridized carbons (Fsp3) is 0.125. The first kappa shape index (κ1) is 12.0. The zero-order chi connectivity index (χ0) is 12.3. The first-order valence-corrected chi connectivity index (χ1v) is 6.21. The molecule has 7 nitrogen and oxygen atoms in total. The summed E-state index contributed by atoms with van der Waals surface area (Å²) in [5.41, 5.74) is 5.42. The molecule has 4 N–H and O–H groups in total. The number of hydrogen-bond acceptors (Lipinski definition) is 7. The zero-order valence-electron chi connectivity index (χ0n) is 8.46. The second kappa shape index (κ2) is 5.23. The molecule has 9 heteroatoms. The fourth-order valence-corrected chi connectivity index (χ4v) is 1.78. The van der Waals surface area contributed by atoms with Gasteiger partial charge in [-0.3, -0.25) is 0 Å². The molecule has 0 saturated heterocycles. The van der Waals surface area contributed by atoms with Gasteiger partial charge in [-0.05, 0) is 28.1 Å². The number of hydrogen-bond donors (Lipinski definition) is 2. The van der Waals surface area contributed by atoms with E-state index in [4.69, 9.17) is 20.4 Å². The molecule has 0 spiro atoms. The number of aromatic nitrogens is 2. The van der Waals surface area contributed by atoms with Crippen molar-refractivity contribution in [2.45, 2.75) is 5.75 Å². The van der Waals surface area contributed by atoms with Crippen LogP contribution in [0.15, 0.2) is 30.7 Å². The Morgan fingerprint density at radius 1 is 1.41 bits per heavy atom. The van der Waals surface area contributed by atoms with E-state index < -0.39 is 0 Å². The van der Waals surface area contributed by atoms with Crippen molar-refractivity contribution >= 4 is 32.9 Å². The van der Waals surface area contributed by atoms with E-state index in [2.05, 4.69) is 31.2 Å². The average molecular weight is 318 g/mol. The van der Waals surface area contributed by atoms with Gasteiger partial charge in [-0.1, -0.05) is 11.8 Å². The van der Waals surface area contributed by atoms with Gasteiger partial charge in [0.25, 0.3) is 5.89 Å². The summed E-state index contributed by atoms with van der Waals surface area (Å²) >= 11 is 4.40. The standard InChI is InChI=1S/C8H8BrN5O2S/c9-5-2-1-4(15-5)7-14-13-6(16-7)3-17-8(10)12-11/h1-2H,3,11H2,(H2,10,12). The van der Waals surface area contributed by atoms with E-state index in [0.29, 0.717) is 28.0 Å². The molecule has 2 aromatic heterocycles. The third-order valence-electron chi connectivity index (χ3n) is 1.72. The van der Waals surface area contributed by atoms with Gasteiger partial charge in [0, 0.05) is 0 Å². The molecule has 2 rings (SSSR count). The van der Waals surface area contributed by atoms with Gasteiger partial charge < -0.3 is 20.4 Å². The molecule has 90 valence electrons. The normalized spacial score (nSPS) is 11.9. The molecule has 0 atom stereocenters. The van der Waals surface area contributed by atoms with E-state index in [9.17, 15) is 0 Å². The third-order valence-corrected chi connectivity index (χ3v) is 2.94. The second-order valence-electron chi connectivity index (χ2n) is 2.86. The highest BCUT2D eigenvalue weighted by Gasteiger charge is 2.12. The molecule has 0 saturated carbocycles. The summed E-state index contributed by atoms with van der Waals surface area (Å²) in [5.74, 6) is 6.63. The maximum absolute atomic E-state index is 5.42. The first-order valence-electron chi connectivity index (χ1n) is 4.43. The van der Waals surface area contributed by atoms with E-state index in [0.717, 1.165) is 0 Å². The van der Waals surface area contributed by atoms with Gasteiger partial charge in [0.15, 0.2) is 15.6 Å². The summed E-state index contributed by atoms with van der Waals surface area (Å²) in [5, 5.41) is 11.3.